The Morgan fingerprint density at radius 2 is 1.88 bits per heavy atom. The summed E-state index contributed by atoms with van der Waals surface area (Å²) in [5, 5.41) is 10.5. The highest BCUT2D eigenvalue weighted by Gasteiger charge is 2.18. The first-order chi connectivity index (χ1) is 11.5. The molecule has 0 saturated carbocycles. The molecule has 7 heteroatoms. The molecule has 0 atom stereocenters. The molecule has 0 aliphatic carbocycles. The Bertz CT molecular complexity index is 869. The van der Waals surface area contributed by atoms with Crippen molar-refractivity contribution in [2.24, 2.45) is 0 Å². The molecule has 0 spiro atoms. The van der Waals surface area contributed by atoms with Crippen LogP contribution in [-0.2, 0) is 0 Å². The molecule has 0 amide bonds. The number of phenolic OH excluding ortho intramolecular Hbond substituents is 1. The van der Waals surface area contributed by atoms with Gasteiger partial charge in [-0.25, -0.2) is 4.98 Å². The number of ether oxygens (including phenoxy) is 1. The van der Waals surface area contributed by atoms with E-state index in [0.29, 0.717) is 34.8 Å². The number of aromatic hydroxyl groups is 1. The fourth-order valence-electron chi connectivity index (χ4n) is 2.37. The molecule has 2 aromatic heterocycles. The predicted octanol–water partition coefficient (Wildman–Crippen LogP) is 4.12. The van der Waals surface area contributed by atoms with Crippen LogP contribution in [0, 0.1) is 13.8 Å². The van der Waals surface area contributed by atoms with Gasteiger partial charge in [0.05, 0.1) is 6.61 Å². The molecule has 0 aliphatic heterocycles. The molecule has 3 aromatic rings. The molecule has 1 N–H and O–H groups in total. The van der Waals surface area contributed by atoms with Crippen LogP contribution in [0.4, 0.5) is 0 Å². The molecule has 24 heavy (non-hydrogen) atoms. The van der Waals surface area contributed by atoms with Crippen LogP contribution >= 0.6 is 11.8 Å². The Morgan fingerprint density at radius 1 is 1.17 bits per heavy atom. The number of rotatable bonds is 5. The molecular formula is C17H19N3O3S. The molecule has 0 unspecified atom stereocenters. The van der Waals surface area contributed by atoms with Gasteiger partial charge in [-0.2, -0.15) is 9.97 Å². The Hall–Kier alpha value is -2.28. The van der Waals surface area contributed by atoms with Crippen LogP contribution < -0.4 is 4.74 Å². The van der Waals surface area contributed by atoms with Crippen molar-refractivity contribution in [3.63, 3.8) is 0 Å². The average Bonchev–Trinajstić information content (AvgIpc) is 3.01. The van der Waals surface area contributed by atoms with Crippen LogP contribution in [0.5, 0.6) is 11.6 Å². The maximum absolute atomic E-state index is 9.93. The molecule has 126 valence electrons. The number of oxazole rings is 1. The summed E-state index contributed by atoms with van der Waals surface area (Å²) in [6.45, 7) is 6.27. The van der Waals surface area contributed by atoms with E-state index >= 15 is 0 Å². The lowest BCUT2D eigenvalue weighted by molar-refractivity contribution is 0.305. The second kappa shape index (κ2) is 6.68. The number of hydrogen-bond donors (Lipinski definition) is 1. The molecule has 3 rings (SSSR count). The summed E-state index contributed by atoms with van der Waals surface area (Å²) in [5.41, 5.74) is 3.24. The summed E-state index contributed by atoms with van der Waals surface area (Å²) in [6.07, 6.45) is 2.77. The van der Waals surface area contributed by atoms with Crippen molar-refractivity contribution in [2.75, 3.05) is 12.9 Å². The van der Waals surface area contributed by atoms with E-state index in [9.17, 15) is 5.11 Å². The van der Waals surface area contributed by atoms with Crippen LogP contribution in [0.2, 0.25) is 0 Å². The van der Waals surface area contributed by atoms with Crippen molar-refractivity contribution in [3.05, 3.63) is 23.3 Å². The van der Waals surface area contributed by atoms with E-state index < -0.39 is 0 Å². The Morgan fingerprint density at radius 3 is 2.50 bits per heavy atom. The Balaban J connectivity index is 2.13. The standard InChI is InChI=1S/C17H19N3O3S/c1-5-6-22-15-12-16(20-17(19-15)24-4)23-14(18-12)11-7-9(2)13(21)10(3)8-11/h7-8,21H,5-6H2,1-4H3. The largest absolute Gasteiger partial charge is 0.507 e. The van der Waals surface area contributed by atoms with Crippen molar-refractivity contribution in [1.82, 2.24) is 15.0 Å². The minimum atomic E-state index is 0.284. The number of aromatic nitrogens is 3. The number of fused-ring (bicyclic) bond motifs is 1. The predicted molar refractivity (Wildman–Crippen MR) is 93.7 cm³/mol. The smallest absolute Gasteiger partial charge is 0.255 e. The van der Waals surface area contributed by atoms with Gasteiger partial charge in [-0.3, -0.25) is 0 Å². The fraction of sp³-hybridized carbons (Fsp3) is 0.353. The zero-order chi connectivity index (χ0) is 17.3. The number of nitrogens with zero attached hydrogens (tertiary/aromatic N) is 3. The van der Waals surface area contributed by atoms with Gasteiger partial charge in [-0.15, -0.1) is 0 Å². The third kappa shape index (κ3) is 3.03. The Kier molecular flexibility index (Phi) is 4.62. The summed E-state index contributed by atoms with van der Waals surface area (Å²) in [7, 11) is 0. The summed E-state index contributed by atoms with van der Waals surface area (Å²) in [6, 6.07) is 3.67. The fourth-order valence-corrected chi connectivity index (χ4v) is 2.72. The third-order valence-electron chi connectivity index (χ3n) is 3.57. The highest BCUT2D eigenvalue weighted by Crippen LogP contribution is 2.33. The summed E-state index contributed by atoms with van der Waals surface area (Å²) in [4.78, 5) is 13.3. The molecule has 0 saturated heterocycles. The lowest BCUT2D eigenvalue weighted by atomic mass is 10.1. The SMILES string of the molecule is CCCOc1nc(SC)nc2oc(-c3cc(C)c(O)c(C)c3)nc12. The summed E-state index contributed by atoms with van der Waals surface area (Å²) < 4.78 is 11.5. The van der Waals surface area contributed by atoms with Gasteiger partial charge in [0.15, 0.2) is 10.7 Å². The Labute approximate surface area is 144 Å². The number of benzene rings is 1. The highest BCUT2D eigenvalue weighted by molar-refractivity contribution is 7.98. The van der Waals surface area contributed by atoms with Gasteiger partial charge in [0.2, 0.25) is 11.8 Å². The second-order valence-corrected chi connectivity index (χ2v) is 6.27. The topological polar surface area (TPSA) is 81.3 Å². The lowest BCUT2D eigenvalue weighted by Crippen LogP contribution is -2.00. The van der Waals surface area contributed by atoms with Gasteiger partial charge in [0.25, 0.3) is 5.71 Å². The summed E-state index contributed by atoms with van der Waals surface area (Å²) >= 11 is 1.42. The van der Waals surface area contributed by atoms with Crippen molar-refractivity contribution in [1.29, 1.82) is 0 Å². The van der Waals surface area contributed by atoms with Crippen LogP contribution in [0.15, 0.2) is 21.7 Å². The van der Waals surface area contributed by atoms with E-state index in [4.69, 9.17) is 9.15 Å². The number of phenols is 1. The number of thioether (sulfide) groups is 1. The molecule has 0 radical (unpaired) electrons. The average molecular weight is 345 g/mol. The maximum Gasteiger partial charge on any atom is 0.255 e. The van der Waals surface area contributed by atoms with Gasteiger partial charge >= 0.3 is 0 Å². The number of hydrogen-bond acceptors (Lipinski definition) is 7. The quantitative estimate of drug-likeness (QED) is 0.550. The van der Waals surface area contributed by atoms with Gasteiger partial charge in [-0.1, -0.05) is 18.7 Å². The van der Waals surface area contributed by atoms with Crippen LogP contribution in [0.1, 0.15) is 24.5 Å². The van der Waals surface area contributed by atoms with Crippen molar-refractivity contribution in [3.8, 4) is 23.1 Å². The monoisotopic (exact) mass is 345 g/mol. The van der Waals surface area contributed by atoms with E-state index in [1.165, 1.54) is 11.8 Å². The van der Waals surface area contributed by atoms with E-state index in [-0.39, 0.29) is 5.75 Å². The maximum atomic E-state index is 9.93. The van der Waals surface area contributed by atoms with Gasteiger partial charge in [-0.05, 0) is 49.8 Å². The van der Waals surface area contributed by atoms with Crippen molar-refractivity contribution >= 4 is 23.0 Å². The normalized spacial score (nSPS) is 11.2. The van der Waals surface area contributed by atoms with E-state index in [2.05, 4.69) is 15.0 Å². The molecular weight excluding hydrogens is 326 g/mol. The first-order valence-corrected chi connectivity index (χ1v) is 8.92. The molecule has 0 fully saturated rings. The van der Waals surface area contributed by atoms with Crippen LogP contribution in [0.25, 0.3) is 22.7 Å². The number of aryl methyl sites for hydroxylation is 2. The molecule has 1 aromatic carbocycles. The molecule has 2 heterocycles. The lowest BCUT2D eigenvalue weighted by Gasteiger charge is -2.04. The van der Waals surface area contributed by atoms with Crippen molar-refractivity contribution < 1.29 is 14.3 Å². The minimum absolute atomic E-state index is 0.284. The minimum Gasteiger partial charge on any atom is -0.507 e. The first-order valence-electron chi connectivity index (χ1n) is 7.69. The zero-order valence-corrected chi connectivity index (χ0v) is 14.9. The second-order valence-electron chi connectivity index (χ2n) is 5.50. The first kappa shape index (κ1) is 16.6. The van der Waals surface area contributed by atoms with Gasteiger partial charge < -0.3 is 14.3 Å². The van der Waals surface area contributed by atoms with E-state index in [1.807, 2.05) is 39.2 Å². The third-order valence-corrected chi connectivity index (χ3v) is 4.12. The van der Waals surface area contributed by atoms with Crippen LogP contribution in [0.3, 0.4) is 0 Å². The van der Waals surface area contributed by atoms with E-state index in [1.54, 1.807) is 0 Å². The zero-order valence-electron chi connectivity index (χ0n) is 14.1. The van der Waals surface area contributed by atoms with Crippen LogP contribution in [-0.4, -0.2) is 32.9 Å². The van der Waals surface area contributed by atoms with Crippen molar-refractivity contribution in [2.45, 2.75) is 32.3 Å². The molecule has 0 aliphatic rings. The summed E-state index contributed by atoms with van der Waals surface area (Å²) in [5.74, 6) is 1.16. The van der Waals surface area contributed by atoms with Gasteiger partial charge in [0.1, 0.15) is 5.75 Å². The molecule has 0 bridgehead atoms. The molecule has 6 nitrogen and oxygen atoms in total. The van der Waals surface area contributed by atoms with E-state index in [0.717, 1.165) is 23.1 Å². The highest BCUT2D eigenvalue weighted by atomic mass is 32.2. The van der Waals surface area contributed by atoms with Gasteiger partial charge in [0, 0.05) is 5.56 Å².